The maximum absolute atomic E-state index is 10.5. The van der Waals surface area contributed by atoms with E-state index in [0.29, 0.717) is 0 Å². The Kier molecular flexibility index (Phi) is 8.21. The van der Waals surface area contributed by atoms with E-state index in [1.54, 1.807) is 20.8 Å². The van der Waals surface area contributed by atoms with Crippen molar-refractivity contribution in [3.8, 4) is 0 Å². The molecule has 0 aromatic heterocycles. The van der Waals surface area contributed by atoms with Gasteiger partial charge in [-0.1, -0.05) is 6.92 Å². The van der Waals surface area contributed by atoms with Crippen LogP contribution in [-0.2, 0) is 9.53 Å². The van der Waals surface area contributed by atoms with Gasteiger partial charge in [0, 0.05) is 0 Å². The highest BCUT2D eigenvalue weighted by Gasteiger charge is 2.13. The Hall–Kier alpha value is -0.610. The Morgan fingerprint density at radius 3 is 1.75 bits per heavy atom. The fraction of sp³-hybridized carbons (Fsp3) is 0.875. The Labute approximate surface area is 74.3 Å². The quantitative estimate of drug-likeness (QED) is 0.561. The van der Waals surface area contributed by atoms with Gasteiger partial charge >= 0.3 is 5.97 Å². The molecule has 74 valence electrons. The molecule has 0 unspecified atom stereocenters. The number of ether oxygens (including phenoxy) is 1. The first-order valence-electron chi connectivity index (χ1n) is 3.99. The summed E-state index contributed by atoms with van der Waals surface area (Å²) in [6.45, 7) is 8.03. The second-order valence-corrected chi connectivity index (χ2v) is 3.20. The summed E-state index contributed by atoms with van der Waals surface area (Å²) in [5.41, 5.74) is 9.45. The van der Waals surface area contributed by atoms with Crippen molar-refractivity contribution in [1.82, 2.24) is 0 Å². The van der Waals surface area contributed by atoms with E-state index >= 15 is 0 Å². The number of hydrogen-bond acceptors (Lipinski definition) is 4. The van der Waals surface area contributed by atoms with Gasteiger partial charge in [-0.15, -0.1) is 0 Å². The Morgan fingerprint density at radius 1 is 1.33 bits per heavy atom. The lowest BCUT2D eigenvalue weighted by atomic mass is 10.2. The minimum atomic E-state index is -0.406. The van der Waals surface area contributed by atoms with Crippen LogP contribution in [0.15, 0.2) is 0 Å². The third-order valence-corrected chi connectivity index (χ3v) is 0.587. The Bertz CT molecular complexity index is 119. The third kappa shape index (κ3) is 16.2. The highest BCUT2D eigenvalue weighted by Crippen LogP contribution is 2.05. The summed E-state index contributed by atoms with van der Waals surface area (Å²) in [7, 11) is 0. The molecule has 12 heavy (non-hydrogen) atoms. The highest BCUT2D eigenvalue weighted by molar-refractivity contribution is 5.71. The number of hydrogen-bond donors (Lipinski definition) is 2. The van der Waals surface area contributed by atoms with Crippen LogP contribution in [0.25, 0.3) is 0 Å². The average Bonchev–Trinajstić information content (AvgIpc) is 1.86. The zero-order valence-corrected chi connectivity index (χ0v) is 8.39. The van der Waals surface area contributed by atoms with Gasteiger partial charge in [0.1, 0.15) is 5.60 Å². The molecule has 4 heteroatoms. The molecule has 0 atom stereocenters. The summed E-state index contributed by atoms with van der Waals surface area (Å²) in [6, 6.07) is 0. The van der Waals surface area contributed by atoms with Crippen LogP contribution in [0.4, 0.5) is 0 Å². The molecule has 0 radical (unpaired) electrons. The number of carbonyl (C=O) groups is 1. The van der Waals surface area contributed by atoms with Gasteiger partial charge in [0.25, 0.3) is 0 Å². The molecule has 0 heterocycles. The first-order valence-corrected chi connectivity index (χ1v) is 3.99. The molecular weight excluding hydrogens is 156 g/mol. The van der Waals surface area contributed by atoms with Gasteiger partial charge in [-0.05, 0) is 27.3 Å². The maximum Gasteiger partial charge on any atom is 0.320 e. The molecular formula is C8H20N2O2. The second kappa shape index (κ2) is 7.06. The Balaban J connectivity index is 0. The van der Waals surface area contributed by atoms with Crippen LogP contribution in [0, 0.1) is 0 Å². The fourth-order valence-electron chi connectivity index (χ4n) is 0.383. The van der Waals surface area contributed by atoms with Gasteiger partial charge in [-0.3, -0.25) is 4.79 Å². The van der Waals surface area contributed by atoms with Crippen LogP contribution in [0.2, 0.25) is 0 Å². The summed E-state index contributed by atoms with van der Waals surface area (Å²) in [5.74, 6) is -0.359. The van der Waals surface area contributed by atoms with Crippen molar-refractivity contribution in [2.45, 2.75) is 33.3 Å². The molecule has 4 N–H and O–H groups in total. The standard InChI is InChI=1S/C6H13NO2.C2H7N/c1-6(2,3)9-5(8)4-7;1-2-3/h4,7H2,1-3H3;2-3H2,1H3. The van der Waals surface area contributed by atoms with Crippen molar-refractivity contribution in [1.29, 1.82) is 0 Å². The number of rotatable bonds is 1. The molecule has 0 aliphatic carbocycles. The summed E-state index contributed by atoms with van der Waals surface area (Å²) < 4.78 is 4.82. The van der Waals surface area contributed by atoms with E-state index in [9.17, 15) is 4.79 Å². The molecule has 0 aromatic carbocycles. The van der Waals surface area contributed by atoms with Crippen LogP contribution in [0.3, 0.4) is 0 Å². The highest BCUT2D eigenvalue weighted by atomic mass is 16.6. The summed E-state index contributed by atoms with van der Waals surface area (Å²) in [4.78, 5) is 10.5. The van der Waals surface area contributed by atoms with Crippen molar-refractivity contribution < 1.29 is 9.53 Å². The van der Waals surface area contributed by atoms with Crippen molar-refractivity contribution in [2.75, 3.05) is 13.1 Å². The van der Waals surface area contributed by atoms with Gasteiger partial charge in [-0.25, -0.2) is 0 Å². The molecule has 0 aliphatic rings. The summed E-state index contributed by atoms with van der Waals surface area (Å²) in [5, 5.41) is 0. The topological polar surface area (TPSA) is 78.3 Å². The molecule has 4 nitrogen and oxygen atoms in total. The van der Waals surface area contributed by atoms with E-state index in [1.165, 1.54) is 0 Å². The van der Waals surface area contributed by atoms with Crippen molar-refractivity contribution in [2.24, 2.45) is 11.5 Å². The maximum atomic E-state index is 10.5. The van der Waals surface area contributed by atoms with Crippen LogP contribution in [0.1, 0.15) is 27.7 Å². The number of carbonyl (C=O) groups excluding carboxylic acids is 1. The molecule has 0 rings (SSSR count). The van der Waals surface area contributed by atoms with Gasteiger partial charge in [0.2, 0.25) is 0 Å². The van der Waals surface area contributed by atoms with Gasteiger partial charge < -0.3 is 16.2 Å². The summed E-state index contributed by atoms with van der Waals surface area (Å²) in [6.07, 6.45) is 0. The van der Waals surface area contributed by atoms with Crippen LogP contribution < -0.4 is 11.5 Å². The van der Waals surface area contributed by atoms with Gasteiger partial charge in [0.05, 0.1) is 6.54 Å². The summed E-state index contributed by atoms with van der Waals surface area (Å²) >= 11 is 0. The number of nitrogens with two attached hydrogens (primary N) is 2. The van der Waals surface area contributed by atoms with E-state index in [1.807, 2.05) is 6.92 Å². The third-order valence-electron chi connectivity index (χ3n) is 0.587. The lowest BCUT2D eigenvalue weighted by Gasteiger charge is -2.18. The zero-order chi connectivity index (χ0) is 10.2. The first kappa shape index (κ1) is 13.9. The zero-order valence-electron chi connectivity index (χ0n) is 8.39. The SMILES string of the molecule is CC(C)(C)OC(=O)CN.CCN. The van der Waals surface area contributed by atoms with Crippen LogP contribution in [-0.4, -0.2) is 24.7 Å². The van der Waals surface area contributed by atoms with Crippen LogP contribution in [0.5, 0.6) is 0 Å². The molecule has 0 bridgehead atoms. The monoisotopic (exact) mass is 176 g/mol. The minimum absolute atomic E-state index is 0.0444. The molecule has 0 aromatic rings. The van der Waals surface area contributed by atoms with Crippen molar-refractivity contribution in [3.05, 3.63) is 0 Å². The molecule has 0 saturated heterocycles. The first-order chi connectivity index (χ1) is 5.37. The van der Waals surface area contributed by atoms with E-state index in [2.05, 4.69) is 0 Å². The number of esters is 1. The molecule has 0 fully saturated rings. The average molecular weight is 176 g/mol. The van der Waals surface area contributed by atoms with E-state index in [-0.39, 0.29) is 12.5 Å². The molecule has 0 aliphatic heterocycles. The van der Waals surface area contributed by atoms with E-state index < -0.39 is 5.60 Å². The molecule has 0 spiro atoms. The predicted octanol–water partition coefficient (Wildman–Crippen LogP) is 0.252. The molecule has 0 amide bonds. The lowest BCUT2D eigenvalue weighted by molar-refractivity contribution is -0.152. The van der Waals surface area contributed by atoms with Gasteiger partial charge in [0.15, 0.2) is 0 Å². The van der Waals surface area contributed by atoms with Crippen molar-refractivity contribution >= 4 is 5.97 Å². The van der Waals surface area contributed by atoms with Gasteiger partial charge in [-0.2, -0.15) is 0 Å². The molecule has 0 saturated carbocycles. The second-order valence-electron chi connectivity index (χ2n) is 3.20. The minimum Gasteiger partial charge on any atom is -0.459 e. The van der Waals surface area contributed by atoms with Crippen LogP contribution >= 0.6 is 0 Å². The van der Waals surface area contributed by atoms with E-state index in [0.717, 1.165) is 6.54 Å². The Morgan fingerprint density at radius 2 is 1.67 bits per heavy atom. The normalized spacial score (nSPS) is 9.83. The van der Waals surface area contributed by atoms with Crippen molar-refractivity contribution in [3.63, 3.8) is 0 Å². The smallest absolute Gasteiger partial charge is 0.320 e. The van der Waals surface area contributed by atoms with E-state index in [4.69, 9.17) is 16.2 Å². The predicted molar refractivity (Wildman–Crippen MR) is 49.6 cm³/mol. The fourth-order valence-corrected chi connectivity index (χ4v) is 0.383. The lowest BCUT2D eigenvalue weighted by Crippen LogP contribution is -2.28. The largest absolute Gasteiger partial charge is 0.459 e.